The second-order valence-corrected chi connectivity index (χ2v) is 3.48. The topological polar surface area (TPSA) is 63.7 Å². The molecule has 86 valence electrons. The van der Waals surface area contributed by atoms with Crippen molar-refractivity contribution < 1.29 is 4.74 Å². The van der Waals surface area contributed by atoms with E-state index >= 15 is 0 Å². The first-order valence-corrected chi connectivity index (χ1v) is 5.22. The van der Waals surface area contributed by atoms with Crippen LogP contribution >= 0.6 is 0 Å². The second-order valence-electron chi connectivity index (χ2n) is 3.48. The zero-order chi connectivity index (χ0) is 12.1. The molecular formula is C12H12N4O. The van der Waals surface area contributed by atoms with Gasteiger partial charge >= 0.3 is 0 Å². The van der Waals surface area contributed by atoms with Crippen molar-refractivity contribution in [2.75, 3.05) is 13.7 Å². The minimum Gasteiger partial charge on any atom is -0.383 e. The molecule has 0 saturated heterocycles. The minimum absolute atomic E-state index is 0.529. The fraction of sp³-hybridized carbons (Fsp3) is 0.250. The van der Waals surface area contributed by atoms with E-state index in [1.54, 1.807) is 30.3 Å². The SMILES string of the molecule is COCCn1nc(-c2cccnc2)cc1C#N. The maximum Gasteiger partial charge on any atom is 0.139 e. The number of pyridine rings is 1. The summed E-state index contributed by atoms with van der Waals surface area (Å²) >= 11 is 0. The number of nitrogens with zero attached hydrogens (tertiary/aromatic N) is 4. The van der Waals surface area contributed by atoms with Crippen LogP contribution in [0.25, 0.3) is 11.3 Å². The van der Waals surface area contributed by atoms with Gasteiger partial charge in [-0.25, -0.2) is 0 Å². The van der Waals surface area contributed by atoms with E-state index in [4.69, 9.17) is 10.00 Å². The number of methoxy groups -OCH3 is 1. The third-order valence-corrected chi connectivity index (χ3v) is 2.36. The average molecular weight is 228 g/mol. The summed E-state index contributed by atoms with van der Waals surface area (Å²) in [7, 11) is 1.62. The lowest BCUT2D eigenvalue weighted by Crippen LogP contribution is -2.07. The fourth-order valence-corrected chi connectivity index (χ4v) is 1.51. The molecule has 0 atom stereocenters. The van der Waals surface area contributed by atoms with Crippen LogP contribution in [0.4, 0.5) is 0 Å². The summed E-state index contributed by atoms with van der Waals surface area (Å²) in [6.45, 7) is 1.10. The van der Waals surface area contributed by atoms with Gasteiger partial charge in [0.1, 0.15) is 11.8 Å². The van der Waals surface area contributed by atoms with Gasteiger partial charge < -0.3 is 4.74 Å². The Bertz CT molecular complexity index is 527. The minimum atomic E-state index is 0.529. The standard InChI is InChI=1S/C12H12N4O/c1-17-6-5-16-11(8-13)7-12(15-16)10-3-2-4-14-9-10/h2-4,7,9H,5-6H2,1H3. The number of ether oxygens (including phenoxy) is 1. The number of aromatic nitrogens is 3. The van der Waals surface area contributed by atoms with Crippen molar-refractivity contribution >= 4 is 0 Å². The summed E-state index contributed by atoms with van der Waals surface area (Å²) in [6.07, 6.45) is 3.43. The van der Waals surface area contributed by atoms with Crippen LogP contribution in [-0.4, -0.2) is 28.5 Å². The highest BCUT2D eigenvalue weighted by Crippen LogP contribution is 2.17. The highest BCUT2D eigenvalue weighted by Gasteiger charge is 2.08. The zero-order valence-electron chi connectivity index (χ0n) is 9.50. The third-order valence-electron chi connectivity index (χ3n) is 2.36. The van der Waals surface area contributed by atoms with Crippen LogP contribution in [0.5, 0.6) is 0 Å². The van der Waals surface area contributed by atoms with Gasteiger partial charge in [0.25, 0.3) is 0 Å². The van der Waals surface area contributed by atoms with Crippen LogP contribution in [0, 0.1) is 11.3 Å². The highest BCUT2D eigenvalue weighted by molar-refractivity contribution is 5.58. The molecule has 0 aliphatic heterocycles. The van der Waals surface area contributed by atoms with Crippen molar-refractivity contribution in [3.8, 4) is 17.3 Å². The molecule has 0 bridgehead atoms. The Morgan fingerprint density at radius 3 is 3.06 bits per heavy atom. The van der Waals surface area contributed by atoms with Gasteiger partial charge in [0, 0.05) is 31.1 Å². The quantitative estimate of drug-likeness (QED) is 0.794. The molecular weight excluding hydrogens is 216 g/mol. The zero-order valence-corrected chi connectivity index (χ0v) is 9.50. The highest BCUT2D eigenvalue weighted by atomic mass is 16.5. The van der Waals surface area contributed by atoms with Crippen LogP contribution in [0.2, 0.25) is 0 Å². The molecule has 17 heavy (non-hydrogen) atoms. The lowest BCUT2D eigenvalue weighted by Gasteiger charge is -2.00. The van der Waals surface area contributed by atoms with Crippen LogP contribution in [0.15, 0.2) is 30.6 Å². The fourth-order valence-electron chi connectivity index (χ4n) is 1.51. The van der Waals surface area contributed by atoms with E-state index in [1.807, 2.05) is 12.1 Å². The van der Waals surface area contributed by atoms with Crippen LogP contribution < -0.4 is 0 Å². The Morgan fingerprint density at radius 1 is 1.53 bits per heavy atom. The molecule has 0 saturated carbocycles. The van der Waals surface area contributed by atoms with Gasteiger partial charge in [0.2, 0.25) is 0 Å². The number of rotatable bonds is 4. The van der Waals surface area contributed by atoms with Gasteiger partial charge in [0.05, 0.1) is 18.8 Å². The molecule has 0 radical (unpaired) electrons. The van der Waals surface area contributed by atoms with E-state index in [2.05, 4.69) is 16.2 Å². The molecule has 5 heteroatoms. The van der Waals surface area contributed by atoms with E-state index in [1.165, 1.54) is 0 Å². The molecule has 2 rings (SSSR count). The molecule has 2 heterocycles. The number of hydrogen-bond acceptors (Lipinski definition) is 4. The van der Waals surface area contributed by atoms with Crippen LogP contribution in [0.1, 0.15) is 5.69 Å². The number of hydrogen-bond donors (Lipinski definition) is 0. The maximum atomic E-state index is 9.01. The molecule has 2 aromatic rings. The van der Waals surface area contributed by atoms with E-state index in [9.17, 15) is 0 Å². The van der Waals surface area contributed by atoms with Gasteiger partial charge in [-0.15, -0.1) is 0 Å². The predicted octanol–water partition coefficient (Wildman–Crippen LogP) is 1.46. The maximum absolute atomic E-state index is 9.01. The molecule has 0 aliphatic rings. The summed E-state index contributed by atoms with van der Waals surface area (Å²) in [4.78, 5) is 4.03. The summed E-state index contributed by atoms with van der Waals surface area (Å²) < 4.78 is 6.62. The van der Waals surface area contributed by atoms with Gasteiger partial charge in [0.15, 0.2) is 0 Å². The smallest absolute Gasteiger partial charge is 0.139 e. The van der Waals surface area contributed by atoms with Gasteiger partial charge in [-0.1, -0.05) is 0 Å². The summed E-state index contributed by atoms with van der Waals surface area (Å²) in [5.74, 6) is 0. The third kappa shape index (κ3) is 2.49. The Balaban J connectivity index is 2.32. The summed E-state index contributed by atoms with van der Waals surface area (Å²) in [5.41, 5.74) is 2.19. The van der Waals surface area contributed by atoms with Gasteiger partial charge in [-0.3, -0.25) is 9.67 Å². The van der Waals surface area contributed by atoms with E-state index in [-0.39, 0.29) is 0 Å². The first-order valence-electron chi connectivity index (χ1n) is 5.22. The Labute approximate surface area is 99.3 Å². The van der Waals surface area contributed by atoms with Crippen molar-refractivity contribution in [1.82, 2.24) is 14.8 Å². The normalized spacial score (nSPS) is 10.1. The van der Waals surface area contributed by atoms with E-state index in [0.717, 1.165) is 11.3 Å². The molecule has 0 aliphatic carbocycles. The van der Waals surface area contributed by atoms with Crippen molar-refractivity contribution in [2.45, 2.75) is 6.54 Å². The van der Waals surface area contributed by atoms with Gasteiger partial charge in [-0.05, 0) is 12.1 Å². The average Bonchev–Trinajstić information content (AvgIpc) is 2.80. The molecule has 0 aromatic carbocycles. The van der Waals surface area contributed by atoms with Crippen LogP contribution in [0.3, 0.4) is 0 Å². The predicted molar refractivity (Wildman–Crippen MR) is 62.0 cm³/mol. The van der Waals surface area contributed by atoms with Gasteiger partial charge in [-0.2, -0.15) is 10.4 Å². The molecule has 0 fully saturated rings. The lowest BCUT2D eigenvalue weighted by atomic mass is 10.2. The number of nitriles is 1. The van der Waals surface area contributed by atoms with Crippen molar-refractivity contribution in [1.29, 1.82) is 5.26 Å². The summed E-state index contributed by atoms with van der Waals surface area (Å²) in [6, 6.07) is 7.63. The Kier molecular flexibility index (Phi) is 3.48. The molecule has 2 aromatic heterocycles. The first kappa shape index (κ1) is 11.3. The molecule has 0 N–H and O–H groups in total. The molecule has 0 unspecified atom stereocenters. The summed E-state index contributed by atoms with van der Waals surface area (Å²) in [5, 5.41) is 13.4. The van der Waals surface area contributed by atoms with E-state index in [0.29, 0.717) is 18.8 Å². The second kappa shape index (κ2) is 5.23. The largest absolute Gasteiger partial charge is 0.383 e. The van der Waals surface area contributed by atoms with Crippen molar-refractivity contribution in [3.05, 3.63) is 36.3 Å². The van der Waals surface area contributed by atoms with Crippen molar-refractivity contribution in [2.24, 2.45) is 0 Å². The first-order chi connectivity index (χ1) is 8.35. The monoisotopic (exact) mass is 228 g/mol. The molecule has 0 spiro atoms. The van der Waals surface area contributed by atoms with E-state index < -0.39 is 0 Å². The Hall–Kier alpha value is -2.19. The van der Waals surface area contributed by atoms with Crippen molar-refractivity contribution in [3.63, 3.8) is 0 Å². The Morgan fingerprint density at radius 2 is 2.41 bits per heavy atom. The van der Waals surface area contributed by atoms with Crippen LogP contribution in [-0.2, 0) is 11.3 Å². The molecule has 0 amide bonds. The molecule has 5 nitrogen and oxygen atoms in total. The lowest BCUT2D eigenvalue weighted by molar-refractivity contribution is 0.183.